The van der Waals surface area contributed by atoms with Crippen molar-refractivity contribution in [1.82, 2.24) is 4.90 Å². The van der Waals surface area contributed by atoms with Crippen molar-refractivity contribution in [1.29, 1.82) is 0 Å². The smallest absolute Gasteiger partial charge is 0.335 e. The number of nitrogens with zero attached hydrogens (tertiary/aromatic N) is 2. The molecule has 1 aliphatic heterocycles. The molecule has 0 atom stereocenters. The maximum absolute atomic E-state index is 11.3. The average molecular weight is 340 g/mol. The third-order valence-corrected chi connectivity index (χ3v) is 4.74. The number of anilines is 1. The van der Waals surface area contributed by atoms with E-state index >= 15 is 0 Å². The second kappa shape index (κ2) is 8.03. The number of hydrogen-bond donors (Lipinski definition) is 1. The fraction of sp³-hybridized carbons (Fsp3) is 0.350. The van der Waals surface area contributed by atoms with Crippen molar-refractivity contribution in [2.24, 2.45) is 0 Å². The van der Waals surface area contributed by atoms with E-state index in [2.05, 4.69) is 15.9 Å². The minimum atomic E-state index is -0.850. The summed E-state index contributed by atoms with van der Waals surface area (Å²) < 4.78 is 5.46. The highest BCUT2D eigenvalue weighted by Gasteiger charge is 2.19. The first-order valence-corrected chi connectivity index (χ1v) is 8.60. The molecule has 0 saturated carbocycles. The maximum Gasteiger partial charge on any atom is 0.335 e. The summed E-state index contributed by atoms with van der Waals surface area (Å²) in [5.74, 6) is 0.0583. The second-order valence-corrected chi connectivity index (χ2v) is 6.21. The maximum atomic E-state index is 11.3. The number of ether oxygens (including phenoxy) is 1. The van der Waals surface area contributed by atoms with Crippen LogP contribution in [0.5, 0.6) is 5.75 Å². The zero-order chi connectivity index (χ0) is 17.6. The lowest BCUT2D eigenvalue weighted by Crippen LogP contribution is -2.47. The SMILES string of the molecule is COc1ccccc1N1CCN(CCc2ccccc2C(=O)O)CC1. The van der Waals surface area contributed by atoms with Gasteiger partial charge in [-0.1, -0.05) is 30.3 Å². The lowest BCUT2D eigenvalue weighted by atomic mass is 10.0. The van der Waals surface area contributed by atoms with Crippen LogP contribution < -0.4 is 9.64 Å². The molecule has 1 N–H and O–H groups in total. The Morgan fingerprint density at radius 2 is 1.72 bits per heavy atom. The summed E-state index contributed by atoms with van der Waals surface area (Å²) >= 11 is 0. The summed E-state index contributed by atoms with van der Waals surface area (Å²) in [5, 5.41) is 9.28. The molecule has 0 aromatic heterocycles. The van der Waals surface area contributed by atoms with Gasteiger partial charge in [-0.3, -0.25) is 4.90 Å². The van der Waals surface area contributed by atoms with Gasteiger partial charge in [-0.15, -0.1) is 0 Å². The number of para-hydroxylation sites is 2. The number of carboxylic acids is 1. The second-order valence-electron chi connectivity index (χ2n) is 6.21. The first-order chi connectivity index (χ1) is 12.2. The first kappa shape index (κ1) is 17.3. The van der Waals surface area contributed by atoms with Crippen LogP contribution in [0.1, 0.15) is 15.9 Å². The summed E-state index contributed by atoms with van der Waals surface area (Å²) in [4.78, 5) is 16.0. The van der Waals surface area contributed by atoms with Gasteiger partial charge in [0.2, 0.25) is 0 Å². The van der Waals surface area contributed by atoms with Crippen LogP contribution >= 0.6 is 0 Å². The van der Waals surface area contributed by atoms with Gasteiger partial charge in [0, 0.05) is 32.7 Å². The topological polar surface area (TPSA) is 53.0 Å². The molecule has 25 heavy (non-hydrogen) atoms. The van der Waals surface area contributed by atoms with Gasteiger partial charge < -0.3 is 14.7 Å². The highest BCUT2D eigenvalue weighted by Crippen LogP contribution is 2.28. The zero-order valence-corrected chi connectivity index (χ0v) is 14.5. The number of piperazine rings is 1. The van der Waals surface area contributed by atoms with Crippen LogP contribution in [-0.2, 0) is 6.42 Å². The Balaban J connectivity index is 1.56. The van der Waals surface area contributed by atoms with Crippen molar-refractivity contribution in [3.63, 3.8) is 0 Å². The molecule has 0 spiro atoms. The molecule has 2 aromatic carbocycles. The van der Waals surface area contributed by atoms with E-state index in [-0.39, 0.29) is 0 Å². The van der Waals surface area contributed by atoms with E-state index in [0.29, 0.717) is 5.56 Å². The van der Waals surface area contributed by atoms with Crippen LogP contribution in [0.4, 0.5) is 5.69 Å². The third-order valence-electron chi connectivity index (χ3n) is 4.74. The predicted octanol–water partition coefficient (Wildman–Crippen LogP) is 2.76. The van der Waals surface area contributed by atoms with Crippen molar-refractivity contribution in [2.45, 2.75) is 6.42 Å². The van der Waals surface area contributed by atoms with E-state index < -0.39 is 5.97 Å². The van der Waals surface area contributed by atoms with E-state index in [1.165, 1.54) is 0 Å². The molecule has 1 saturated heterocycles. The minimum absolute atomic E-state index is 0.412. The van der Waals surface area contributed by atoms with Crippen molar-refractivity contribution in [3.05, 3.63) is 59.7 Å². The van der Waals surface area contributed by atoms with Gasteiger partial charge in [0.25, 0.3) is 0 Å². The molecule has 5 nitrogen and oxygen atoms in total. The normalized spacial score (nSPS) is 15.2. The van der Waals surface area contributed by atoms with Gasteiger partial charge in [0.1, 0.15) is 5.75 Å². The number of methoxy groups -OCH3 is 1. The molecule has 1 fully saturated rings. The number of hydrogen-bond acceptors (Lipinski definition) is 4. The standard InChI is InChI=1S/C20H24N2O3/c1-25-19-9-5-4-8-18(19)22-14-12-21(13-15-22)11-10-16-6-2-3-7-17(16)20(23)24/h2-9H,10-15H2,1H3,(H,23,24). The van der Waals surface area contributed by atoms with E-state index in [1.807, 2.05) is 30.3 Å². The first-order valence-electron chi connectivity index (χ1n) is 8.60. The van der Waals surface area contributed by atoms with Crippen LogP contribution in [0, 0.1) is 0 Å². The minimum Gasteiger partial charge on any atom is -0.495 e. The Morgan fingerprint density at radius 1 is 1.04 bits per heavy atom. The predicted molar refractivity (Wildman–Crippen MR) is 98.8 cm³/mol. The number of rotatable bonds is 6. The van der Waals surface area contributed by atoms with Crippen LogP contribution in [0.15, 0.2) is 48.5 Å². The molecule has 0 amide bonds. The summed E-state index contributed by atoms with van der Waals surface area (Å²) in [7, 11) is 1.70. The van der Waals surface area contributed by atoms with Gasteiger partial charge in [0.05, 0.1) is 18.4 Å². The van der Waals surface area contributed by atoms with Crippen molar-refractivity contribution >= 4 is 11.7 Å². The van der Waals surface area contributed by atoms with E-state index in [1.54, 1.807) is 19.2 Å². The van der Waals surface area contributed by atoms with Crippen LogP contribution in [0.25, 0.3) is 0 Å². The van der Waals surface area contributed by atoms with Gasteiger partial charge >= 0.3 is 5.97 Å². The summed E-state index contributed by atoms with van der Waals surface area (Å²) in [5.41, 5.74) is 2.46. The fourth-order valence-corrected chi connectivity index (χ4v) is 3.33. The van der Waals surface area contributed by atoms with Gasteiger partial charge in [0.15, 0.2) is 0 Å². The van der Waals surface area contributed by atoms with Crippen LogP contribution in [0.2, 0.25) is 0 Å². The fourth-order valence-electron chi connectivity index (χ4n) is 3.33. The molecule has 132 valence electrons. The van der Waals surface area contributed by atoms with Crippen LogP contribution in [-0.4, -0.2) is 55.8 Å². The number of aromatic carboxylic acids is 1. The van der Waals surface area contributed by atoms with Crippen molar-refractivity contribution in [2.75, 3.05) is 44.7 Å². The lowest BCUT2D eigenvalue weighted by Gasteiger charge is -2.36. The Labute approximate surface area is 148 Å². The van der Waals surface area contributed by atoms with E-state index in [0.717, 1.165) is 56.1 Å². The van der Waals surface area contributed by atoms with Crippen molar-refractivity contribution in [3.8, 4) is 5.75 Å². The van der Waals surface area contributed by atoms with E-state index in [9.17, 15) is 9.90 Å². The molecular weight excluding hydrogens is 316 g/mol. The molecule has 0 unspecified atom stereocenters. The molecule has 1 heterocycles. The summed E-state index contributed by atoms with van der Waals surface area (Å²) in [6, 6.07) is 15.4. The lowest BCUT2D eigenvalue weighted by molar-refractivity contribution is 0.0695. The Kier molecular flexibility index (Phi) is 5.56. The van der Waals surface area contributed by atoms with E-state index in [4.69, 9.17) is 4.74 Å². The Bertz CT molecular complexity index is 724. The molecule has 3 rings (SSSR count). The number of benzene rings is 2. The summed E-state index contributed by atoms with van der Waals surface area (Å²) in [6.07, 6.45) is 0.761. The molecule has 0 radical (unpaired) electrons. The largest absolute Gasteiger partial charge is 0.495 e. The molecule has 2 aromatic rings. The highest BCUT2D eigenvalue weighted by molar-refractivity contribution is 5.89. The van der Waals surface area contributed by atoms with Gasteiger partial charge in [-0.25, -0.2) is 4.79 Å². The third kappa shape index (κ3) is 4.12. The quantitative estimate of drug-likeness (QED) is 0.876. The zero-order valence-electron chi connectivity index (χ0n) is 14.5. The summed E-state index contributed by atoms with van der Waals surface area (Å²) in [6.45, 7) is 4.70. The number of carboxylic acid groups (broad SMARTS) is 1. The van der Waals surface area contributed by atoms with Crippen LogP contribution in [0.3, 0.4) is 0 Å². The van der Waals surface area contributed by atoms with Gasteiger partial charge in [-0.05, 0) is 30.2 Å². The monoisotopic (exact) mass is 340 g/mol. The van der Waals surface area contributed by atoms with Gasteiger partial charge in [-0.2, -0.15) is 0 Å². The number of carbonyl (C=O) groups is 1. The molecular formula is C20H24N2O3. The highest BCUT2D eigenvalue weighted by atomic mass is 16.5. The molecule has 0 bridgehead atoms. The average Bonchev–Trinajstić information content (AvgIpc) is 2.67. The Hall–Kier alpha value is -2.53. The molecule has 5 heteroatoms. The van der Waals surface area contributed by atoms with Crippen molar-refractivity contribution < 1.29 is 14.6 Å². The molecule has 0 aliphatic carbocycles. The molecule has 1 aliphatic rings. The Morgan fingerprint density at radius 3 is 2.44 bits per heavy atom.